The van der Waals surface area contributed by atoms with Crippen molar-refractivity contribution in [2.45, 2.75) is 59.5 Å². The lowest BCUT2D eigenvalue weighted by molar-refractivity contribution is -0.142. The molecule has 0 saturated heterocycles. The number of ether oxygens (including phenoxy) is 1. The van der Waals surface area contributed by atoms with Gasteiger partial charge in [0.25, 0.3) is 5.91 Å². The molecule has 0 fully saturated rings. The number of halogens is 2. The minimum atomic E-state index is -0.726. The summed E-state index contributed by atoms with van der Waals surface area (Å²) in [5.41, 5.74) is 1.79. The zero-order chi connectivity index (χ0) is 24.8. The lowest BCUT2D eigenvalue weighted by Gasteiger charge is -2.29. The van der Waals surface area contributed by atoms with Crippen molar-refractivity contribution in [3.8, 4) is 5.75 Å². The number of benzene rings is 2. The Bertz CT molecular complexity index is 933. The molecule has 2 amide bonds. The molecule has 2 aromatic rings. The van der Waals surface area contributed by atoms with Gasteiger partial charge in [0, 0.05) is 28.7 Å². The molecule has 0 saturated carbocycles. The fourth-order valence-corrected chi connectivity index (χ4v) is 3.68. The van der Waals surface area contributed by atoms with Crippen LogP contribution in [-0.2, 0) is 21.5 Å². The van der Waals surface area contributed by atoms with Gasteiger partial charge in [-0.1, -0.05) is 76.0 Å². The molecule has 0 aromatic heterocycles. The lowest BCUT2D eigenvalue weighted by atomic mass is 9.87. The van der Waals surface area contributed by atoms with Crippen molar-refractivity contribution < 1.29 is 14.3 Å². The molecule has 1 N–H and O–H groups in total. The maximum absolute atomic E-state index is 13.2. The highest BCUT2D eigenvalue weighted by Crippen LogP contribution is 2.27. The van der Waals surface area contributed by atoms with E-state index in [1.54, 1.807) is 25.1 Å². The van der Waals surface area contributed by atoms with Crippen LogP contribution in [0.25, 0.3) is 0 Å². The van der Waals surface area contributed by atoms with E-state index in [4.69, 9.17) is 27.9 Å². The van der Waals surface area contributed by atoms with Gasteiger partial charge in [0.05, 0.1) is 0 Å². The van der Waals surface area contributed by atoms with E-state index in [0.717, 1.165) is 0 Å². The minimum Gasteiger partial charge on any atom is -0.484 e. The van der Waals surface area contributed by atoms with E-state index in [2.05, 4.69) is 26.1 Å². The third-order valence-electron chi connectivity index (χ3n) is 5.32. The molecule has 0 aliphatic carbocycles. The molecule has 180 valence electrons. The molecule has 2 aromatic carbocycles. The summed E-state index contributed by atoms with van der Waals surface area (Å²) in [6, 6.07) is 12.1. The number of nitrogens with zero attached hydrogens (tertiary/aromatic N) is 1. The Morgan fingerprint density at radius 2 is 1.58 bits per heavy atom. The van der Waals surface area contributed by atoms with Crippen LogP contribution in [0.15, 0.2) is 42.5 Å². The molecule has 7 heteroatoms. The van der Waals surface area contributed by atoms with Crippen molar-refractivity contribution in [1.29, 1.82) is 0 Å². The molecule has 0 radical (unpaired) electrons. The van der Waals surface area contributed by atoms with Crippen LogP contribution in [0.1, 0.15) is 52.7 Å². The quantitative estimate of drug-likeness (QED) is 0.476. The average Bonchev–Trinajstić information content (AvgIpc) is 2.75. The minimum absolute atomic E-state index is 0.0259. The summed E-state index contributed by atoms with van der Waals surface area (Å²) in [4.78, 5) is 27.4. The van der Waals surface area contributed by atoms with Crippen LogP contribution in [-0.4, -0.2) is 35.9 Å². The zero-order valence-electron chi connectivity index (χ0n) is 20.2. The van der Waals surface area contributed by atoms with Crippen molar-refractivity contribution in [3.63, 3.8) is 0 Å². The summed E-state index contributed by atoms with van der Waals surface area (Å²) in [5, 5.41) is 3.76. The van der Waals surface area contributed by atoms with Crippen molar-refractivity contribution in [2.24, 2.45) is 5.92 Å². The fourth-order valence-electron chi connectivity index (χ4n) is 3.17. The van der Waals surface area contributed by atoms with Gasteiger partial charge in [-0.2, -0.15) is 0 Å². The van der Waals surface area contributed by atoms with Gasteiger partial charge in [0.15, 0.2) is 6.61 Å². The van der Waals surface area contributed by atoms with Crippen LogP contribution in [0.5, 0.6) is 5.75 Å². The molecule has 5 nitrogen and oxygen atoms in total. The summed E-state index contributed by atoms with van der Waals surface area (Å²) >= 11 is 12.7. The second-order valence-corrected chi connectivity index (χ2v) is 10.4. The molecule has 0 heterocycles. The third-order valence-corrected chi connectivity index (χ3v) is 6.03. The van der Waals surface area contributed by atoms with Gasteiger partial charge in [-0.25, -0.2) is 0 Å². The van der Waals surface area contributed by atoms with E-state index in [1.165, 1.54) is 10.5 Å². The maximum Gasteiger partial charge on any atom is 0.261 e. The Hall–Kier alpha value is -2.24. The van der Waals surface area contributed by atoms with Crippen LogP contribution in [0.2, 0.25) is 10.0 Å². The first-order valence-electron chi connectivity index (χ1n) is 11.1. The normalized spacial score (nSPS) is 12.4. The van der Waals surface area contributed by atoms with E-state index < -0.39 is 6.04 Å². The van der Waals surface area contributed by atoms with Gasteiger partial charge >= 0.3 is 0 Å². The largest absolute Gasteiger partial charge is 0.484 e. The van der Waals surface area contributed by atoms with E-state index >= 15 is 0 Å². The Kier molecular flexibility index (Phi) is 9.62. The Balaban J connectivity index is 2.19. The predicted molar refractivity (Wildman–Crippen MR) is 135 cm³/mol. The molecular formula is C26H34Cl2N2O3. The molecule has 0 unspecified atom stereocenters. The van der Waals surface area contributed by atoms with Gasteiger partial charge in [-0.05, 0) is 48.1 Å². The van der Waals surface area contributed by atoms with E-state index in [-0.39, 0.29) is 30.4 Å². The number of amides is 2. The highest BCUT2D eigenvalue weighted by Gasteiger charge is 2.28. The smallest absolute Gasteiger partial charge is 0.261 e. The molecular weight excluding hydrogens is 459 g/mol. The number of carbonyl (C=O) groups excluding carboxylic acids is 2. The number of nitrogens with one attached hydrogen (secondary N) is 1. The van der Waals surface area contributed by atoms with Crippen LogP contribution in [0.4, 0.5) is 0 Å². The molecule has 0 bridgehead atoms. The highest BCUT2D eigenvalue weighted by atomic mass is 35.5. The second kappa shape index (κ2) is 11.8. The molecule has 1 atom stereocenters. The second-order valence-electron chi connectivity index (χ2n) is 9.60. The summed E-state index contributed by atoms with van der Waals surface area (Å²) < 4.78 is 5.75. The molecule has 33 heavy (non-hydrogen) atoms. The van der Waals surface area contributed by atoms with E-state index in [1.807, 2.05) is 38.1 Å². The van der Waals surface area contributed by atoms with Gasteiger partial charge in [0.1, 0.15) is 11.8 Å². The van der Waals surface area contributed by atoms with Crippen LogP contribution in [0, 0.1) is 5.92 Å². The summed E-state index contributed by atoms with van der Waals surface area (Å²) in [5.74, 6) is 0.305. The number of carbonyl (C=O) groups is 2. The van der Waals surface area contributed by atoms with Crippen molar-refractivity contribution in [1.82, 2.24) is 10.2 Å². The van der Waals surface area contributed by atoms with E-state index in [0.29, 0.717) is 33.8 Å². The number of hydrogen-bond acceptors (Lipinski definition) is 3. The molecule has 2 rings (SSSR count). The first-order valence-corrected chi connectivity index (χ1v) is 11.9. The lowest BCUT2D eigenvalue weighted by Crippen LogP contribution is -2.49. The first-order chi connectivity index (χ1) is 15.4. The Morgan fingerprint density at radius 1 is 1.00 bits per heavy atom. The summed E-state index contributed by atoms with van der Waals surface area (Å²) in [6.07, 6.45) is 0. The Morgan fingerprint density at radius 3 is 2.09 bits per heavy atom. The van der Waals surface area contributed by atoms with Gasteiger partial charge < -0.3 is 15.0 Å². The van der Waals surface area contributed by atoms with Crippen LogP contribution in [0.3, 0.4) is 0 Å². The fraction of sp³-hybridized carbons (Fsp3) is 0.462. The summed E-state index contributed by atoms with van der Waals surface area (Å²) in [6.45, 7) is 12.5. The topological polar surface area (TPSA) is 58.6 Å². The standard InChI is InChI=1S/C26H34Cl2N2O3/c1-17(2)14-29-25(32)18(3)30(15-21-22(27)8-7-9-23(21)28)24(31)16-33-20-12-10-19(11-13-20)26(4,5)6/h7-13,17-18H,14-16H2,1-6H3,(H,29,32)/t18-/m0/s1. The van der Waals surface area contributed by atoms with Crippen molar-refractivity contribution in [3.05, 3.63) is 63.6 Å². The Labute approximate surface area is 207 Å². The maximum atomic E-state index is 13.2. The van der Waals surface area contributed by atoms with Crippen molar-refractivity contribution >= 4 is 35.0 Å². The van der Waals surface area contributed by atoms with Gasteiger partial charge in [-0.15, -0.1) is 0 Å². The predicted octanol–water partition coefficient (Wildman–Crippen LogP) is 5.86. The first kappa shape index (κ1) is 27.0. The number of rotatable bonds is 9. The van der Waals surface area contributed by atoms with Crippen molar-refractivity contribution in [2.75, 3.05) is 13.2 Å². The average molecular weight is 493 g/mol. The number of hydrogen-bond donors (Lipinski definition) is 1. The molecule has 0 aliphatic heterocycles. The molecule has 0 aliphatic rings. The third kappa shape index (κ3) is 7.94. The monoisotopic (exact) mass is 492 g/mol. The zero-order valence-corrected chi connectivity index (χ0v) is 21.8. The van der Waals surface area contributed by atoms with Crippen LogP contribution >= 0.6 is 23.2 Å². The highest BCUT2D eigenvalue weighted by molar-refractivity contribution is 6.36. The molecule has 0 spiro atoms. The summed E-state index contributed by atoms with van der Waals surface area (Å²) in [7, 11) is 0. The van der Waals surface area contributed by atoms with E-state index in [9.17, 15) is 9.59 Å². The SMILES string of the molecule is CC(C)CNC(=O)[C@H](C)N(Cc1c(Cl)cccc1Cl)C(=O)COc1ccc(C(C)(C)C)cc1. The van der Waals surface area contributed by atoms with Crippen LogP contribution < -0.4 is 10.1 Å². The van der Waals surface area contributed by atoms with Gasteiger partial charge in [0.2, 0.25) is 5.91 Å². The van der Waals surface area contributed by atoms with Gasteiger partial charge in [-0.3, -0.25) is 9.59 Å².